The highest BCUT2D eigenvalue weighted by Crippen LogP contribution is 2.36. The minimum Gasteiger partial charge on any atom is -0.332 e. The number of carbonyl (C=O) groups excluding carboxylic acids is 1. The number of likely N-dealkylation sites (tertiary alicyclic amines) is 1. The monoisotopic (exact) mass is 463 g/mol. The van der Waals surface area contributed by atoms with E-state index in [0.29, 0.717) is 12.3 Å². The summed E-state index contributed by atoms with van der Waals surface area (Å²) in [7, 11) is 0. The minimum atomic E-state index is 0.0678. The standard InChI is InChI=1S/C24H25N5OS2/c1-17-26-27-24(29(17)15-18-9-3-2-4-10-18)31-16-22(30)28-14-8-7-12-20(28)23-25-19-11-5-6-13-21(19)32-23/h2-6,9-11,13,20H,7-8,12,14-16H2,1H3. The van der Waals surface area contributed by atoms with E-state index >= 15 is 0 Å². The molecule has 0 aliphatic carbocycles. The zero-order valence-electron chi connectivity index (χ0n) is 18.0. The van der Waals surface area contributed by atoms with Crippen LogP contribution < -0.4 is 0 Å². The molecule has 1 aliphatic rings. The summed E-state index contributed by atoms with van der Waals surface area (Å²) in [4.78, 5) is 20.1. The second kappa shape index (κ2) is 9.42. The average molecular weight is 464 g/mol. The molecule has 1 fully saturated rings. The van der Waals surface area contributed by atoms with Crippen molar-refractivity contribution in [1.82, 2.24) is 24.6 Å². The molecule has 1 saturated heterocycles. The highest BCUT2D eigenvalue weighted by Gasteiger charge is 2.30. The topological polar surface area (TPSA) is 63.9 Å². The Labute approximate surface area is 195 Å². The predicted octanol–water partition coefficient (Wildman–Crippen LogP) is 5.09. The Kier molecular flexibility index (Phi) is 6.23. The van der Waals surface area contributed by atoms with Crippen molar-refractivity contribution in [2.75, 3.05) is 12.3 Å². The molecule has 0 saturated carbocycles. The highest BCUT2D eigenvalue weighted by atomic mass is 32.2. The van der Waals surface area contributed by atoms with Crippen LogP contribution in [0.15, 0.2) is 59.8 Å². The summed E-state index contributed by atoms with van der Waals surface area (Å²) >= 11 is 3.18. The number of aryl methyl sites for hydroxylation is 1. The van der Waals surface area contributed by atoms with E-state index in [0.717, 1.165) is 47.3 Å². The highest BCUT2D eigenvalue weighted by molar-refractivity contribution is 7.99. The molecule has 0 bridgehead atoms. The summed E-state index contributed by atoms with van der Waals surface area (Å²) in [5.41, 5.74) is 2.21. The molecule has 32 heavy (non-hydrogen) atoms. The van der Waals surface area contributed by atoms with Gasteiger partial charge in [0.15, 0.2) is 5.16 Å². The van der Waals surface area contributed by atoms with Crippen molar-refractivity contribution in [3.05, 3.63) is 71.0 Å². The lowest BCUT2D eigenvalue weighted by Gasteiger charge is -2.34. The van der Waals surface area contributed by atoms with Crippen LogP contribution in [0, 0.1) is 6.92 Å². The second-order valence-electron chi connectivity index (χ2n) is 8.01. The molecule has 8 heteroatoms. The third kappa shape index (κ3) is 4.42. The first-order chi connectivity index (χ1) is 15.7. The van der Waals surface area contributed by atoms with Gasteiger partial charge in [-0.25, -0.2) is 4.98 Å². The molecule has 1 aliphatic heterocycles. The number of aromatic nitrogens is 4. The van der Waals surface area contributed by atoms with Crippen molar-refractivity contribution in [3.63, 3.8) is 0 Å². The third-order valence-corrected chi connectivity index (χ3v) is 7.92. The zero-order chi connectivity index (χ0) is 21.9. The van der Waals surface area contributed by atoms with Crippen molar-refractivity contribution in [3.8, 4) is 0 Å². The number of para-hydroxylation sites is 1. The molecule has 3 heterocycles. The molecule has 0 N–H and O–H groups in total. The van der Waals surface area contributed by atoms with Crippen molar-refractivity contribution in [2.24, 2.45) is 0 Å². The van der Waals surface area contributed by atoms with Gasteiger partial charge < -0.3 is 9.47 Å². The van der Waals surface area contributed by atoms with Gasteiger partial charge in [0.1, 0.15) is 10.8 Å². The predicted molar refractivity (Wildman–Crippen MR) is 129 cm³/mol. The first-order valence-electron chi connectivity index (χ1n) is 10.9. The normalized spacial score (nSPS) is 16.5. The minimum absolute atomic E-state index is 0.0678. The van der Waals surface area contributed by atoms with E-state index in [1.807, 2.05) is 48.2 Å². The summed E-state index contributed by atoms with van der Waals surface area (Å²) in [5.74, 6) is 1.36. The zero-order valence-corrected chi connectivity index (χ0v) is 19.6. The Bertz CT molecular complexity index is 1190. The largest absolute Gasteiger partial charge is 0.332 e. The number of thioether (sulfide) groups is 1. The third-order valence-electron chi connectivity index (χ3n) is 5.83. The molecule has 6 nitrogen and oxygen atoms in total. The van der Waals surface area contributed by atoms with Gasteiger partial charge in [0.25, 0.3) is 0 Å². The van der Waals surface area contributed by atoms with E-state index in [1.54, 1.807) is 11.3 Å². The number of thiazole rings is 1. The van der Waals surface area contributed by atoms with Gasteiger partial charge in [-0.05, 0) is 43.9 Å². The molecule has 0 radical (unpaired) electrons. The summed E-state index contributed by atoms with van der Waals surface area (Å²) in [6.45, 7) is 3.44. The van der Waals surface area contributed by atoms with Gasteiger partial charge in [-0.3, -0.25) is 4.79 Å². The molecular formula is C24H25N5OS2. The van der Waals surface area contributed by atoms with Gasteiger partial charge in [0.2, 0.25) is 5.91 Å². The first-order valence-corrected chi connectivity index (χ1v) is 12.7. The quantitative estimate of drug-likeness (QED) is 0.373. The number of piperidine rings is 1. The molecule has 1 unspecified atom stereocenters. The Morgan fingerprint density at radius 3 is 2.75 bits per heavy atom. The number of benzene rings is 2. The van der Waals surface area contributed by atoms with E-state index in [-0.39, 0.29) is 11.9 Å². The van der Waals surface area contributed by atoms with E-state index < -0.39 is 0 Å². The Morgan fingerprint density at radius 1 is 1.09 bits per heavy atom. The Balaban J connectivity index is 1.30. The van der Waals surface area contributed by atoms with Crippen LogP contribution in [0.1, 0.15) is 41.7 Å². The molecule has 4 aromatic rings. The second-order valence-corrected chi connectivity index (χ2v) is 10.0. The molecule has 2 aromatic carbocycles. The number of rotatable bonds is 6. The van der Waals surface area contributed by atoms with E-state index in [2.05, 4.69) is 33.0 Å². The van der Waals surface area contributed by atoms with Crippen molar-refractivity contribution >= 4 is 39.2 Å². The van der Waals surface area contributed by atoms with Crippen LogP contribution in [-0.2, 0) is 11.3 Å². The lowest BCUT2D eigenvalue weighted by Crippen LogP contribution is -2.39. The lowest BCUT2D eigenvalue weighted by atomic mass is 10.0. The smallest absolute Gasteiger partial charge is 0.233 e. The Morgan fingerprint density at radius 2 is 1.91 bits per heavy atom. The maximum absolute atomic E-state index is 13.3. The van der Waals surface area contributed by atoms with Gasteiger partial charge >= 0.3 is 0 Å². The number of fused-ring (bicyclic) bond motifs is 1. The fourth-order valence-electron chi connectivity index (χ4n) is 4.14. The van der Waals surface area contributed by atoms with E-state index in [1.165, 1.54) is 22.0 Å². The number of carbonyl (C=O) groups is 1. The van der Waals surface area contributed by atoms with Gasteiger partial charge in [-0.1, -0.05) is 54.2 Å². The van der Waals surface area contributed by atoms with Crippen LogP contribution in [-0.4, -0.2) is 42.9 Å². The van der Waals surface area contributed by atoms with Crippen molar-refractivity contribution < 1.29 is 4.79 Å². The summed E-state index contributed by atoms with van der Waals surface area (Å²) in [6.07, 6.45) is 3.14. The summed E-state index contributed by atoms with van der Waals surface area (Å²) in [5, 5.41) is 10.4. The molecular weight excluding hydrogens is 438 g/mol. The average Bonchev–Trinajstić information content (AvgIpc) is 3.42. The number of hydrogen-bond donors (Lipinski definition) is 0. The van der Waals surface area contributed by atoms with Crippen LogP contribution in [0.25, 0.3) is 10.2 Å². The van der Waals surface area contributed by atoms with Gasteiger partial charge in [0, 0.05) is 6.54 Å². The number of amides is 1. The SMILES string of the molecule is Cc1nnc(SCC(=O)N2CCCCC2c2nc3ccccc3s2)n1Cc1ccccc1. The van der Waals surface area contributed by atoms with E-state index in [4.69, 9.17) is 4.98 Å². The Hall–Kier alpha value is -2.71. The van der Waals surface area contributed by atoms with Gasteiger partial charge in [-0.15, -0.1) is 21.5 Å². The first kappa shape index (κ1) is 21.2. The fourth-order valence-corrected chi connectivity index (χ4v) is 6.13. The van der Waals surface area contributed by atoms with Crippen molar-refractivity contribution in [2.45, 2.75) is 43.9 Å². The lowest BCUT2D eigenvalue weighted by molar-refractivity contribution is -0.132. The molecule has 2 aromatic heterocycles. The molecule has 0 spiro atoms. The molecule has 1 amide bonds. The van der Waals surface area contributed by atoms with Crippen LogP contribution in [0.5, 0.6) is 0 Å². The summed E-state index contributed by atoms with van der Waals surface area (Å²) in [6, 6.07) is 18.5. The van der Waals surface area contributed by atoms with Crippen LogP contribution in [0.3, 0.4) is 0 Å². The van der Waals surface area contributed by atoms with Crippen LogP contribution in [0.4, 0.5) is 0 Å². The maximum Gasteiger partial charge on any atom is 0.233 e. The van der Waals surface area contributed by atoms with Gasteiger partial charge in [0.05, 0.1) is 28.6 Å². The fraction of sp³-hybridized carbons (Fsp3) is 0.333. The maximum atomic E-state index is 13.3. The van der Waals surface area contributed by atoms with Gasteiger partial charge in [-0.2, -0.15) is 0 Å². The summed E-state index contributed by atoms with van der Waals surface area (Å²) < 4.78 is 3.26. The molecule has 5 rings (SSSR count). The molecule has 1 atom stereocenters. The van der Waals surface area contributed by atoms with E-state index in [9.17, 15) is 4.79 Å². The van der Waals surface area contributed by atoms with Crippen LogP contribution >= 0.6 is 23.1 Å². The molecule has 164 valence electrons. The van der Waals surface area contributed by atoms with Crippen LogP contribution in [0.2, 0.25) is 0 Å². The number of nitrogens with zero attached hydrogens (tertiary/aromatic N) is 5. The van der Waals surface area contributed by atoms with Crippen molar-refractivity contribution in [1.29, 1.82) is 0 Å². The number of hydrogen-bond acceptors (Lipinski definition) is 6.